The third-order valence-corrected chi connectivity index (χ3v) is 4.35. The van der Waals surface area contributed by atoms with Crippen molar-refractivity contribution in [2.75, 3.05) is 13.2 Å². The van der Waals surface area contributed by atoms with Gasteiger partial charge in [-0.2, -0.15) is 0 Å². The molecule has 0 fully saturated rings. The lowest BCUT2D eigenvalue weighted by atomic mass is 10.1. The first kappa shape index (κ1) is 19.6. The Morgan fingerprint density at radius 3 is 2.15 bits per heavy atom. The number of esters is 1. The fourth-order valence-electron chi connectivity index (χ4n) is 2.10. The highest BCUT2D eigenvalue weighted by Gasteiger charge is 2.10. The number of sulfonamides is 1. The number of Topliss-reactive ketones (excluding diaryl/α,β-unsaturated/α-hetero) is 1. The number of ketones is 1. The van der Waals surface area contributed by atoms with E-state index in [0.717, 1.165) is 0 Å². The maximum absolute atomic E-state index is 11.9. The summed E-state index contributed by atoms with van der Waals surface area (Å²) in [6.07, 6.45) is 0.0789. The number of rotatable bonds is 9. The Morgan fingerprint density at radius 1 is 0.885 bits per heavy atom. The van der Waals surface area contributed by atoms with Gasteiger partial charge in [-0.25, -0.2) is 13.6 Å². The number of nitrogens with two attached hydrogens (primary N) is 1. The molecule has 138 valence electrons. The first-order chi connectivity index (χ1) is 12.4. The molecular weight excluding hydrogens is 358 g/mol. The highest BCUT2D eigenvalue weighted by atomic mass is 32.2. The first-order valence-corrected chi connectivity index (χ1v) is 9.40. The molecule has 0 bridgehead atoms. The van der Waals surface area contributed by atoms with E-state index in [1.807, 2.05) is 6.07 Å². The summed E-state index contributed by atoms with van der Waals surface area (Å²) in [5.41, 5.74) is 0.562. The average molecular weight is 377 g/mol. The third kappa shape index (κ3) is 6.30. The fraction of sp³-hybridized carbons (Fsp3) is 0.222. The molecule has 26 heavy (non-hydrogen) atoms. The zero-order chi connectivity index (χ0) is 19.0. The minimum Gasteiger partial charge on any atom is -0.490 e. The lowest BCUT2D eigenvalue weighted by Crippen LogP contribution is -2.14. The van der Waals surface area contributed by atoms with Gasteiger partial charge in [0.25, 0.3) is 0 Å². The molecular formula is C18H19NO6S. The zero-order valence-electron chi connectivity index (χ0n) is 14.0. The molecule has 2 N–H and O–H groups in total. The smallest absolute Gasteiger partial charge is 0.306 e. The van der Waals surface area contributed by atoms with Crippen molar-refractivity contribution in [2.24, 2.45) is 5.14 Å². The second-order valence-corrected chi connectivity index (χ2v) is 6.94. The lowest BCUT2D eigenvalue weighted by molar-refractivity contribution is -0.144. The SMILES string of the molecule is NS(=O)(=O)c1ccc(OCCOC(=O)CCC(=O)c2ccccc2)cc1. The first-order valence-electron chi connectivity index (χ1n) is 7.86. The number of benzene rings is 2. The molecule has 2 rings (SSSR count). The number of carbonyl (C=O) groups is 2. The molecule has 0 saturated carbocycles. The highest BCUT2D eigenvalue weighted by molar-refractivity contribution is 7.89. The molecule has 0 aliphatic rings. The molecule has 0 heterocycles. The normalized spacial score (nSPS) is 11.0. The van der Waals surface area contributed by atoms with Crippen LogP contribution < -0.4 is 9.88 Å². The standard InChI is InChI=1S/C18H19NO6S/c19-26(22,23)16-8-6-15(7-9-16)24-12-13-25-18(21)11-10-17(20)14-4-2-1-3-5-14/h1-9H,10-13H2,(H2,19,22,23). The largest absolute Gasteiger partial charge is 0.490 e. The van der Waals surface area contributed by atoms with Crippen molar-refractivity contribution in [3.63, 3.8) is 0 Å². The molecule has 0 amide bonds. The van der Waals surface area contributed by atoms with Gasteiger partial charge in [0.05, 0.1) is 11.3 Å². The van der Waals surface area contributed by atoms with Crippen LogP contribution in [0.5, 0.6) is 5.75 Å². The van der Waals surface area contributed by atoms with Gasteiger partial charge in [0, 0.05) is 12.0 Å². The van der Waals surface area contributed by atoms with Crippen LogP contribution >= 0.6 is 0 Å². The summed E-state index contributed by atoms with van der Waals surface area (Å²) in [6.45, 7) is 0.127. The van der Waals surface area contributed by atoms with Crippen molar-refractivity contribution >= 4 is 21.8 Å². The molecule has 0 aliphatic heterocycles. The van der Waals surface area contributed by atoms with Crippen molar-refractivity contribution < 1.29 is 27.5 Å². The molecule has 2 aromatic carbocycles. The quantitative estimate of drug-likeness (QED) is 0.406. The van der Waals surface area contributed by atoms with Gasteiger partial charge in [-0.3, -0.25) is 9.59 Å². The van der Waals surface area contributed by atoms with E-state index in [2.05, 4.69) is 0 Å². The molecule has 2 aromatic rings. The highest BCUT2D eigenvalue weighted by Crippen LogP contribution is 2.14. The van der Waals surface area contributed by atoms with E-state index in [9.17, 15) is 18.0 Å². The van der Waals surface area contributed by atoms with E-state index in [-0.39, 0.29) is 36.7 Å². The second-order valence-electron chi connectivity index (χ2n) is 5.37. The number of hydrogen-bond donors (Lipinski definition) is 1. The van der Waals surface area contributed by atoms with Crippen LogP contribution in [0.1, 0.15) is 23.2 Å². The Balaban J connectivity index is 1.66. The van der Waals surface area contributed by atoms with Crippen molar-refractivity contribution in [3.8, 4) is 5.75 Å². The molecule has 8 heteroatoms. The fourth-order valence-corrected chi connectivity index (χ4v) is 2.61. The monoisotopic (exact) mass is 377 g/mol. The van der Waals surface area contributed by atoms with Crippen LogP contribution in [0.3, 0.4) is 0 Å². The van der Waals surface area contributed by atoms with Gasteiger partial charge in [-0.05, 0) is 24.3 Å². The lowest BCUT2D eigenvalue weighted by Gasteiger charge is -2.08. The molecule has 0 aromatic heterocycles. The molecule has 0 unspecified atom stereocenters. The van der Waals surface area contributed by atoms with Gasteiger partial charge < -0.3 is 9.47 Å². The Kier molecular flexibility index (Phi) is 6.88. The van der Waals surface area contributed by atoms with E-state index >= 15 is 0 Å². The van der Waals surface area contributed by atoms with Gasteiger partial charge in [-0.1, -0.05) is 30.3 Å². The number of carbonyl (C=O) groups excluding carboxylic acids is 2. The van der Waals surface area contributed by atoms with Crippen LogP contribution in [0.4, 0.5) is 0 Å². The maximum atomic E-state index is 11.9. The van der Waals surface area contributed by atoms with Crippen LogP contribution in [0, 0.1) is 0 Å². The van der Waals surface area contributed by atoms with Crippen LogP contribution in [0.15, 0.2) is 59.5 Å². The number of ether oxygens (including phenoxy) is 2. The van der Waals surface area contributed by atoms with E-state index in [0.29, 0.717) is 11.3 Å². The van der Waals surface area contributed by atoms with Crippen LogP contribution in [0.25, 0.3) is 0 Å². The Hall–Kier alpha value is -2.71. The Morgan fingerprint density at radius 2 is 1.54 bits per heavy atom. The molecule has 7 nitrogen and oxygen atoms in total. The summed E-state index contributed by atoms with van der Waals surface area (Å²) in [5.74, 6) is -0.177. The van der Waals surface area contributed by atoms with E-state index in [1.54, 1.807) is 24.3 Å². The summed E-state index contributed by atoms with van der Waals surface area (Å²) in [5, 5.41) is 5.00. The topological polar surface area (TPSA) is 113 Å². The van der Waals surface area contributed by atoms with Gasteiger partial charge >= 0.3 is 5.97 Å². The van der Waals surface area contributed by atoms with Gasteiger partial charge in [-0.15, -0.1) is 0 Å². The Bertz CT molecular complexity index is 847. The van der Waals surface area contributed by atoms with E-state index < -0.39 is 16.0 Å². The minimum absolute atomic E-state index is 0.00319. The molecule has 0 aliphatic carbocycles. The minimum atomic E-state index is -3.74. The average Bonchev–Trinajstić information content (AvgIpc) is 2.63. The van der Waals surface area contributed by atoms with E-state index in [1.165, 1.54) is 24.3 Å². The summed E-state index contributed by atoms with van der Waals surface area (Å²) >= 11 is 0. The van der Waals surface area contributed by atoms with Crippen LogP contribution in [-0.2, 0) is 19.6 Å². The molecule has 0 spiro atoms. The van der Waals surface area contributed by atoms with Gasteiger partial charge in [0.2, 0.25) is 10.0 Å². The molecule has 0 radical (unpaired) electrons. The third-order valence-electron chi connectivity index (χ3n) is 3.42. The van der Waals surface area contributed by atoms with Crippen LogP contribution in [0.2, 0.25) is 0 Å². The predicted molar refractivity (Wildman–Crippen MR) is 94.3 cm³/mol. The summed E-state index contributed by atoms with van der Waals surface area (Å²) in [7, 11) is -3.74. The van der Waals surface area contributed by atoms with E-state index in [4.69, 9.17) is 14.6 Å². The van der Waals surface area contributed by atoms with Crippen molar-refractivity contribution in [1.82, 2.24) is 0 Å². The number of primary sulfonamides is 1. The molecule has 0 atom stereocenters. The summed E-state index contributed by atoms with van der Waals surface area (Å²) < 4.78 is 32.6. The van der Waals surface area contributed by atoms with Crippen molar-refractivity contribution in [3.05, 3.63) is 60.2 Å². The second kappa shape index (κ2) is 9.12. The Labute approximate surface area is 151 Å². The van der Waals surface area contributed by atoms with Crippen molar-refractivity contribution in [2.45, 2.75) is 17.7 Å². The zero-order valence-corrected chi connectivity index (χ0v) is 14.8. The summed E-state index contributed by atoms with van der Waals surface area (Å²) in [4.78, 5) is 23.5. The molecule has 0 saturated heterocycles. The van der Waals surface area contributed by atoms with Gasteiger partial charge in [0.1, 0.15) is 19.0 Å². The maximum Gasteiger partial charge on any atom is 0.306 e. The van der Waals surface area contributed by atoms with Gasteiger partial charge in [0.15, 0.2) is 5.78 Å². The predicted octanol–water partition coefficient (Wildman–Crippen LogP) is 1.92. The van der Waals surface area contributed by atoms with Crippen LogP contribution in [-0.4, -0.2) is 33.4 Å². The number of hydrogen-bond acceptors (Lipinski definition) is 6. The summed E-state index contributed by atoms with van der Waals surface area (Å²) in [6, 6.07) is 14.3. The van der Waals surface area contributed by atoms with Crippen molar-refractivity contribution in [1.29, 1.82) is 0 Å².